The van der Waals surface area contributed by atoms with Crippen LogP contribution in [0.4, 0.5) is 0 Å². The molecular weight excluding hydrogens is 174 g/mol. The number of fused-ring (bicyclic) bond motifs is 1. The summed E-state index contributed by atoms with van der Waals surface area (Å²) in [6.07, 6.45) is 4.25. The van der Waals surface area contributed by atoms with Gasteiger partial charge in [-0.15, -0.1) is 0 Å². The van der Waals surface area contributed by atoms with E-state index in [0.717, 1.165) is 18.4 Å². The van der Waals surface area contributed by atoms with Gasteiger partial charge < -0.3 is 5.73 Å². The summed E-state index contributed by atoms with van der Waals surface area (Å²) in [7, 11) is 1.94. The van der Waals surface area contributed by atoms with Crippen LogP contribution in [0.15, 0.2) is 24.4 Å². The molecule has 1 fully saturated rings. The lowest BCUT2D eigenvalue weighted by atomic mass is 10.0. The van der Waals surface area contributed by atoms with Gasteiger partial charge in [-0.3, -0.25) is 4.68 Å². The van der Waals surface area contributed by atoms with E-state index in [4.69, 9.17) is 5.73 Å². The monoisotopic (exact) mass is 187 g/mol. The van der Waals surface area contributed by atoms with Gasteiger partial charge in [-0.1, -0.05) is 12.1 Å². The molecule has 0 spiro atoms. The molecule has 72 valence electrons. The first kappa shape index (κ1) is 8.00. The first-order valence-electron chi connectivity index (χ1n) is 4.91. The molecule has 1 saturated carbocycles. The van der Waals surface area contributed by atoms with Crippen molar-refractivity contribution < 1.29 is 0 Å². The second-order valence-electron chi connectivity index (χ2n) is 4.20. The lowest BCUT2D eigenvalue weighted by Crippen LogP contribution is -2.18. The maximum atomic E-state index is 6.21. The predicted molar refractivity (Wildman–Crippen MR) is 55.8 cm³/mol. The van der Waals surface area contributed by atoms with Gasteiger partial charge in [0.15, 0.2) is 0 Å². The SMILES string of the molecule is Cn1cc2c(C3(N)CC3)cccc2n1. The van der Waals surface area contributed by atoms with Gasteiger partial charge >= 0.3 is 0 Å². The fraction of sp³-hybridized carbons (Fsp3) is 0.364. The van der Waals surface area contributed by atoms with Gasteiger partial charge in [0.05, 0.1) is 5.52 Å². The van der Waals surface area contributed by atoms with Crippen molar-refractivity contribution in [3.63, 3.8) is 0 Å². The summed E-state index contributed by atoms with van der Waals surface area (Å²) in [6, 6.07) is 6.19. The number of nitrogens with two attached hydrogens (primary N) is 1. The largest absolute Gasteiger partial charge is 0.321 e. The Labute approximate surface area is 82.5 Å². The van der Waals surface area contributed by atoms with Gasteiger partial charge in [0.25, 0.3) is 0 Å². The highest BCUT2D eigenvalue weighted by molar-refractivity contribution is 5.83. The Hall–Kier alpha value is -1.35. The zero-order valence-electron chi connectivity index (χ0n) is 8.20. The molecule has 3 nitrogen and oxygen atoms in total. The third-order valence-corrected chi connectivity index (χ3v) is 2.99. The molecular formula is C11H13N3. The summed E-state index contributed by atoms with van der Waals surface area (Å²) < 4.78 is 1.85. The Morgan fingerprint density at radius 3 is 2.93 bits per heavy atom. The second-order valence-corrected chi connectivity index (χ2v) is 4.20. The normalized spacial score (nSPS) is 18.7. The van der Waals surface area contributed by atoms with Crippen LogP contribution in [0.1, 0.15) is 18.4 Å². The van der Waals surface area contributed by atoms with Crippen LogP contribution in [-0.2, 0) is 12.6 Å². The molecule has 2 aromatic rings. The smallest absolute Gasteiger partial charge is 0.0926 e. The number of aromatic nitrogens is 2. The summed E-state index contributed by atoms with van der Waals surface area (Å²) in [5.41, 5.74) is 8.44. The van der Waals surface area contributed by atoms with E-state index < -0.39 is 0 Å². The van der Waals surface area contributed by atoms with Crippen molar-refractivity contribution in [2.24, 2.45) is 12.8 Å². The molecule has 0 unspecified atom stereocenters. The number of benzene rings is 1. The Morgan fingerprint density at radius 2 is 2.21 bits per heavy atom. The minimum absolute atomic E-state index is 0.0669. The van der Waals surface area contributed by atoms with Gasteiger partial charge in [-0.25, -0.2) is 0 Å². The van der Waals surface area contributed by atoms with E-state index in [0.29, 0.717) is 0 Å². The van der Waals surface area contributed by atoms with Crippen LogP contribution >= 0.6 is 0 Å². The first-order valence-corrected chi connectivity index (χ1v) is 4.91. The van der Waals surface area contributed by atoms with Gasteiger partial charge in [0.2, 0.25) is 0 Å². The second kappa shape index (κ2) is 2.36. The topological polar surface area (TPSA) is 43.8 Å². The highest BCUT2D eigenvalue weighted by atomic mass is 15.2. The number of hydrogen-bond acceptors (Lipinski definition) is 2. The van der Waals surface area contributed by atoms with Gasteiger partial charge in [0.1, 0.15) is 0 Å². The van der Waals surface area contributed by atoms with Crippen LogP contribution in [0.5, 0.6) is 0 Å². The summed E-state index contributed by atoms with van der Waals surface area (Å²) >= 11 is 0. The Bertz CT molecular complexity index is 494. The Balaban J connectivity index is 2.32. The molecule has 3 rings (SSSR count). The lowest BCUT2D eigenvalue weighted by molar-refractivity contribution is 0.747. The minimum atomic E-state index is -0.0669. The van der Waals surface area contributed by atoms with Crippen molar-refractivity contribution in [2.75, 3.05) is 0 Å². The summed E-state index contributed by atoms with van der Waals surface area (Å²) in [5.74, 6) is 0. The molecule has 1 heterocycles. The number of hydrogen-bond donors (Lipinski definition) is 1. The summed E-state index contributed by atoms with van der Waals surface area (Å²) in [5, 5.41) is 5.58. The van der Waals surface area contributed by atoms with E-state index in [2.05, 4.69) is 17.4 Å². The van der Waals surface area contributed by atoms with E-state index in [1.165, 1.54) is 10.9 Å². The lowest BCUT2D eigenvalue weighted by Gasteiger charge is -2.09. The molecule has 0 aliphatic heterocycles. The van der Waals surface area contributed by atoms with Gasteiger partial charge in [-0.05, 0) is 24.5 Å². The molecule has 1 aromatic heterocycles. The van der Waals surface area contributed by atoms with Crippen LogP contribution in [0.2, 0.25) is 0 Å². The van der Waals surface area contributed by atoms with E-state index in [9.17, 15) is 0 Å². The van der Waals surface area contributed by atoms with E-state index in [-0.39, 0.29) is 5.54 Å². The zero-order chi connectivity index (χ0) is 9.76. The third kappa shape index (κ3) is 0.990. The average Bonchev–Trinajstić information content (AvgIpc) is 2.78. The molecule has 1 aliphatic carbocycles. The maximum absolute atomic E-state index is 6.21. The molecule has 0 radical (unpaired) electrons. The molecule has 0 bridgehead atoms. The summed E-state index contributed by atoms with van der Waals surface area (Å²) in [6.45, 7) is 0. The fourth-order valence-electron chi connectivity index (χ4n) is 2.00. The van der Waals surface area contributed by atoms with Gasteiger partial charge in [-0.2, -0.15) is 5.10 Å². The molecule has 2 N–H and O–H groups in total. The average molecular weight is 187 g/mol. The molecule has 0 amide bonds. The Morgan fingerprint density at radius 1 is 1.43 bits per heavy atom. The molecule has 1 aromatic carbocycles. The highest BCUT2D eigenvalue weighted by Gasteiger charge is 2.41. The zero-order valence-corrected chi connectivity index (χ0v) is 8.20. The molecule has 14 heavy (non-hydrogen) atoms. The number of nitrogens with zero attached hydrogens (tertiary/aromatic N) is 2. The standard InChI is InChI=1S/C11H13N3/c1-14-7-8-9(11(12)5-6-11)3-2-4-10(8)13-14/h2-4,7H,5-6,12H2,1H3. The van der Waals surface area contributed by atoms with Crippen molar-refractivity contribution in [1.82, 2.24) is 9.78 Å². The van der Waals surface area contributed by atoms with Gasteiger partial charge in [0, 0.05) is 24.2 Å². The van der Waals surface area contributed by atoms with Crippen LogP contribution in [0.25, 0.3) is 10.9 Å². The van der Waals surface area contributed by atoms with E-state index >= 15 is 0 Å². The minimum Gasteiger partial charge on any atom is -0.321 e. The van der Waals surface area contributed by atoms with Crippen molar-refractivity contribution in [3.05, 3.63) is 30.0 Å². The molecule has 3 heteroatoms. The first-order chi connectivity index (χ1) is 6.69. The fourth-order valence-corrected chi connectivity index (χ4v) is 2.00. The van der Waals surface area contributed by atoms with Crippen molar-refractivity contribution in [1.29, 1.82) is 0 Å². The maximum Gasteiger partial charge on any atom is 0.0926 e. The molecule has 0 atom stereocenters. The quantitative estimate of drug-likeness (QED) is 0.735. The van der Waals surface area contributed by atoms with Crippen molar-refractivity contribution >= 4 is 10.9 Å². The van der Waals surface area contributed by atoms with Crippen LogP contribution in [-0.4, -0.2) is 9.78 Å². The van der Waals surface area contributed by atoms with Crippen molar-refractivity contribution in [3.8, 4) is 0 Å². The van der Waals surface area contributed by atoms with E-state index in [1.807, 2.05) is 23.9 Å². The highest BCUT2D eigenvalue weighted by Crippen LogP contribution is 2.44. The van der Waals surface area contributed by atoms with Crippen LogP contribution in [0, 0.1) is 0 Å². The number of rotatable bonds is 1. The predicted octanol–water partition coefficient (Wildman–Crippen LogP) is 1.52. The molecule has 1 aliphatic rings. The number of aryl methyl sites for hydroxylation is 1. The van der Waals surface area contributed by atoms with Crippen molar-refractivity contribution in [2.45, 2.75) is 18.4 Å². The Kier molecular flexibility index (Phi) is 1.35. The van der Waals surface area contributed by atoms with Crippen LogP contribution in [0.3, 0.4) is 0 Å². The summed E-state index contributed by atoms with van der Waals surface area (Å²) in [4.78, 5) is 0. The molecule has 0 saturated heterocycles. The van der Waals surface area contributed by atoms with Crippen LogP contribution < -0.4 is 5.73 Å². The van der Waals surface area contributed by atoms with E-state index in [1.54, 1.807) is 0 Å². The third-order valence-electron chi connectivity index (χ3n) is 2.99.